The highest BCUT2D eigenvalue weighted by atomic mass is 35.5. The number of halogens is 3. The van der Waals surface area contributed by atoms with Gasteiger partial charge in [-0.2, -0.15) is 0 Å². The minimum Gasteiger partial charge on any atom is -0.491 e. The van der Waals surface area contributed by atoms with E-state index in [2.05, 4.69) is 4.90 Å². The number of piperidine rings is 1. The summed E-state index contributed by atoms with van der Waals surface area (Å²) < 4.78 is 31.7. The molecule has 0 spiro atoms. The second-order valence-corrected chi connectivity index (χ2v) is 6.92. The number of nitrogens with zero attached hydrogens (tertiary/aromatic N) is 1. The number of rotatable bonds is 5. The first-order chi connectivity index (χ1) is 11.9. The van der Waals surface area contributed by atoms with Crippen LogP contribution in [0, 0.1) is 11.6 Å². The number of benzene rings is 2. The van der Waals surface area contributed by atoms with Crippen molar-refractivity contribution in [3.63, 3.8) is 0 Å². The molecule has 6 heteroatoms. The summed E-state index contributed by atoms with van der Waals surface area (Å²) in [5.74, 6) is -0.170. The lowest BCUT2D eigenvalue weighted by Crippen LogP contribution is -2.51. The maximum atomic E-state index is 13.2. The smallest absolute Gasteiger partial charge is 0.124 e. The summed E-state index contributed by atoms with van der Waals surface area (Å²) in [7, 11) is 0. The van der Waals surface area contributed by atoms with Crippen LogP contribution in [0.4, 0.5) is 8.78 Å². The van der Waals surface area contributed by atoms with E-state index in [9.17, 15) is 13.9 Å². The molecule has 0 aromatic heterocycles. The third-order valence-electron chi connectivity index (χ3n) is 4.36. The molecule has 2 aromatic carbocycles. The van der Waals surface area contributed by atoms with Crippen LogP contribution in [0.25, 0.3) is 0 Å². The molecule has 1 atom stereocenters. The zero-order valence-electron chi connectivity index (χ0n) is 13.7. The predicted octanol–water partition coefficient (Wildman–Crippen LogP) is 4.02. The molecule has 0 amide bonds. The number of hydrogen-bond donors (Lipinski definition) is 1. The van der Waals surface area contributed by atoms with Gasteiger partial charge in [-0.05, 0) is 61.3 Å². The van der Waals surface area contributed by atoms with E-state index in [1.54, 1.807) is 6.07 Å². The van der Waals surface area contributed by atoms with Gasteiger partial charge in [-0.15, -0.1) is 0 Å². The number of β-amino-alcohol motifs (C(OH)–C–C–N with tert-alkyl or cyclic N) is 1. The lowest BCUT2D eigenvalue weighted by Gasteiger charge is -2.39. The van der Waals surface area contributed by atoms with E-state index in [0.29, 0.717) is 30.3 Å². The standard InChI is InChI=1S/C19H20ClF2NO2/c20-18-10-16(22)3-2-14(18)11-23-9-1-8-19(24,12-23)13-25-17-6-4-15(21)5-7-17/h2-7,10,24H,1,8-9,11-13H2. The summed E-state index contributed by atoms with van der Waals surface area (Å²) in [6, 6.07) is 10.1. The van der Waals surface area contributed by atoms with Crippen molar-refractivity contribution < 1.29 is 18.6 Å². The minimum atomic E-state index is -0.987. The molecule has 1 saturated heterocycles. The minimum absolute atomic E-state index is 0.131. The third kappa shape index (κ3) is 4.91. The Morgan fingerprint density at radius 2 is 1.84 bits per heavy atom. The highest BCUT2D eigenvalue weighted by Crippen LogP contribution is 2.26. The van der Waals surface area contributed by atoms with Gasteiger partial charge in [0.2, 0.25) is 0 Å². The van der Waals surface area contributed by atoms with Crippen LogP contribution in [-0.2, 0) is 6.54 Å². The molecule has 25 heavy (non-hydrogen) atoms. The first-order valence-electron chi connectivity index (χ1n) is 8.21. The maximum Gasteiger partial charge on any atom is 0.124 e. The summed E-state index contributed by atoms with van der Waals surface area (Å²) in [4.78, 5) is 2.08. The highest BCUT2D eigenvalue weighted by molar-refractivity contribution is 6.31. The Kier molecular flexibility index (Phi) is 5.57. The van der Waals surface area contributed by atoms with Gasteiger partial charge in [-0.1, -0.05) is 17.7 Å². The maximum absolute atomic E-state index is 13.2. The summed E-state index contributed by atoms with van der Waals surface area (Å²) in [6.07, 6.45) is 1.45. The highest BCUT2D eigenvalue weighted by Gasteiger charge is 2.34. The van der Waals surface area contributed by atoms with Crippen molar-refractivity contribution in [2.75, 3.05) is 19.7 Å². The summed E-state index contributed by atoms with van der Waals surface area (Å²) in [5, 5.41) is 11.2. The van der Waals surface area contributed by atoms with Gasteiger partial charge in [0.15, 0.2) is 0 Å². The molecular weight excluding hydrogens is 348 g/mol. The van der Waals surface area contributed by atoms with Gasteiger partial charge < -0.3 is 9.84 Å². The first-order valence-corrected chi connectivity index (χ1v) is 8.58. The fourth-order valence-corrected chi connectivity index (χ4v) is 3.33. The van der Waals surface area contributed by atoms with E-state index in [0.717, 1.165) is 18.5 Å². The van der Waals surface area contributed by atoms with E-state index in [1.807, 2.05) is 0 Å². The average molecular weight is 368 g/mol. The van der Waals surface area contributed by atoms with Crippen molar-refractivity contribution in [1.82, 2.24) is 4.90 Å². The molecule has 0 bridgehead atoms. The van der Waals surface area contributed by atoms with E-state index >= 15 is 0 Å². The number of likely N-dealkylation sites (tertiary alicyclic amines) is 1. The average Bonchev–Trinajstić information content (AvgIpc) is 2.57. The van der Waals surface area contributed by atoms with Gasteiger partial charge >= 0.3 is 0 Å². The Morgan fingerprint density at radius 1 is 1.12 bits per heavy atom. The SMILES string of the molecule is OC1(COc2ccc(F)cc2)CCCN(Cc2ccc(F)cc2Cl)C1. The molecule has 1 aliphatic rings. The van der Waals surface area contributed by atoms with Crippen LogP contribution in [0.5, 0.6) is 5.75 Å². The van der Waals surface area contributed by atoms with Gasteiger partial charge in [0.1, 0.15) is 29.6 Å². The van der Waals surface area contributed by atoms with Crippen LogP contribution in [0.15, 0.2) is 42.5 Å². The Morgan fingerprint density at radius 3 is 2.56 bits per heavy atom. The number of aliphatic hydroxyl groups is 1. The van der Waals surface area contributed by atoms with Crippen molar-refractivity contribution >= 4 is 11.6 Å². The molecule has 1 aliphatic heterocycles. The van der Waals surface area contributed by atoms with E-state index in [-0.39, 0.29) is 18.2 Å². The molecule has 2 aromatic rings. The van der Waals surface area contributed by atoms with Gasteiger partial charge in [-0.3, -0.25) is 4.90 Å². The van der Waals surface area contributed by atoms with Gasteiger partial charge in [0.25, 0.3) is 0 Å². The molecule has 0 aliphatic carbocycles. The van der Waals surface area contributed by atoms with Crippen LogP contribution in [-0.4, -0.2) is 35.3 Å². The number of hydrogen-bond acceptors (Lipinski definition) is 3. The van der Waals surface area contributed by atoms with E-state index in [1.165, 1.54) is 36.4 Å². The zero-order chi connectivity index (χ0) is 17.9. The zero-order valence-corrected chi connectivity index (χ0v) is 14.5. The summed E-state index contributed by atoms with van der Waals surface area (Å²) >= 11 is 6.09. The van der Waals surface area contributed by atoms with Crippen molar-refractivity contribution in [1.29, 1.82) is 0 Å². The van der Waals surface area contributed by atoms with Crippen LogP contribution in [0.3, 0.4) is 0 Å². The molecule has 1 N–H and O–H groups in total. The molecule has 134 valence electrons. The van der Waals surface area contributed by atoms with Crippen molar-refractivity contribution in [2.45, 2.75) is 25.0 Å². The molecular formula is C19H20ClF2NO2. The normalized spacial score (nSPS) is 21.3. The van der Waals surface area contributed by atoms with Crippen molar-refractivity contribution in [3.8, 4) is 5.75 Å². The van der Waals surface area contributed by atoms with Gasteiger partial charge in [0, 0.05) is 18.1 Å². The lowest BCUT2D eigenvalue weighted by atomic mass is 9.93. The lowest BCUT2D eigenvalue weighted by molar-refractivity contribution is -0.0621. The molecule has 1 heterocycles. The fourth-order valence-electron chi connectivity index (χ4n) is 3.10. The number of ether oxygens (including phenoxy) is 1. The Bertz CT molecular complexity index is 726. The van der Waals surface area contributed by atoms with Gasteiger partial charge in [-0.25, -0.2) is 8.78 Å². The topological polar surface area (TPSA) is 32.7 Å². The molecule has 3 rings (SSSR count). The Hall–Kier alpha value is -1.69. The Balaban J connectivity index is 1.60. The van der Waals surface area contributed by atoms with E-state index in [4.69, 9.17) is 16.3 Å². The molecule has 1 unspecified atom stereocenters. The van der Waals surface area contributed by atoms with Crippen molar-refractivity contribution in [2.24, 2.45) is 0 Å². The molecule has 1 fully saturated rings. The Labute approximate surface area is 150 Å². The largest absolute Gasteiger partial charge is 0.491 e. The van der Waals surface area contributed by atoms with Crippen molar-refractivity contribution in [3.05, 3.63) is 64.7 Å². The van der Waals surface area contributed by atoms with E-state index < -0.39 is 5.60 Å². The quantitative estimate of drug-likeness (QED) is 0.866. The van der Waals surface area contributed by atoms with Crippen LogP contribution in [0.1, 0.15) is 18.4 Å². The third-order valence-corrected chi connectivity index (χ3v) is 4.72. The van der Waals surface area contributed by atoms with Crippen LogP contribution >= 0.6 is 11.6 Å². The predicted molar refractivity (Wildman–Crippen MR) is 92.8 cm³/mol. The molecule has 0 radical (unpaired) electrons. The van der Waals surface area contributed by atoms with Crippen LogP contribution in [0.2, 0.25) is 5.02 Å². The monoisotopic (exact) mass is 367 g/mol. The summed E-state index contributed by atoms with van der Waals surface area (Å²) in [6.45, 7) is 1.93. The van der Waals surface area contributed by atoms with Crippen LogP contribution < -0.4 is 4.74 Å². The van der Waals surface area contributed by atoms with Gasteiger partial charge in [0.05, 0.1) is 0 Å². The molecule has 0 saturated carbocycles. The second kappa shape index (κ2) is 7.68. The second-order valence-electron chi connectivity index (χ2n) is 6.52. The summed E-state index contributed by atoms with van der Waals surface area (Å²) in [5.41, 5.74) is -0.161. The first kappa shape index (κ1) is 18.1. The fraction of sp³-hybridized carbons (Fsp3) is 0.368. The molecule has 3 nitrogen and oxygen atoms in total.